The molecule has 0 N–H and O–H groups in total. The monoisotopic (exact) mass is 197 g/mol. The van der Waals surface area contributed by atoms with E-state index < -0.39 is 11.1 Å². The zero-order valence-corrected chi connectivity index (χ0v) is 9.12. The van der Waals surface area contributed by atoms with Gasteiger partial charge in [0.25, 0.3) is 0 Å². The van der Waals surface area contributed by atoms with Gasteiger partial charge in [-0.3, -0.25) is 4.21 Å². The van der Waals surface area contributed by atoms with Crippen LogP contribution >= 0.6 is 0 Å². The van der Waals surface area contributed by atoms with Gasteiger partial charge in [0.05, 0.1) is 0 Å². The lowest BCUT2D eigenvalue weighted by molar-refractivity contribution is 0.535. The Hall–Kier alpha value is -0.670. The Morgan fingerprint density at radius 3 is 1.77 bits per heavy atom. The maximum Gasteiger partial charge on any atom is 0.0312 e. The molecule has 0 amide bonds. The third-order valence-corrected chi connectivity index (χ3v) is 3.41. The molecule has 0 aliphatic rings. The first-order chi connectivity index (χ1) is 5.95. The second-order valence-corrected chi connectivity index (χ2v) is 4.20. The van der Waals surface area contributed by atoms with Crippen LogP contribution in [0.4, 0.5) is 0 Å². The molecule has 1 unspecified atom stereocenters. The van der Waals surface area contributed by atoms with Crippen molar-refractivity contribution in [3.05, 3.63) is 28.3 Å². The van der Waals surface area contributed by atoms with Gasteiger partial charge in [-0.2, -0.15) is 0 Å². The molecule has 1 aromatic carbocycles. The highest BCUT2D eigenvalue weighted by Crippen LogP contribution is 2.23. The molecule has 0 spiro atoms. The topological polar surface area (TPSA) is 40.1 Å². The van der Waals surface area contributed by atoms with E-state index in [1.807, 2.05) is 33.8 Å². The smallest absolute Gasteiger partial charge is 0.0312 e. The normalized spacial score (nSPS) is 13.0. The number of hydrogen-bond donors (Lipinski definition) is 0. The first-order valence-corrected chi connectivity index (χ1v) is 5.19. The highest BCUT2D eigenvalue weighted by molar-refractivity contribution is 7.79. The zero-order valence-electron chi connectivity index (χ0n) is 8.30. The molecule has 0 bridgehead atoms. The molecular weight excluding hydrogens is 184 g/mol. The summed E-state index contributed by atoms with van der Waals surface area (Å²) in [6.07, 6.45) is 0. The number of hydrogen-bond acceptors (Lipinski definition) is 2. The number of benzene rings is 1. The Bertz CT molecular complexity index is 343. The lowest BCUT2D eigenvalue weighted by Gasteiger charge is -2.16. The van der Waals surface area contributed by atoms with Crippen molar-refractivity contribution in [3.63, 3.8) is 0 Å². The minimum absolute atomic E-state index is 0.456. The Morgan fingerprint density at radius 2 is 1.46 bits per heavy atom. The van der Waals surface area contributed by atoms with E-state index in [-0.39, 0.29) is 0 Å². The summed E-state index contributed by atoms with van der Waals surface area (Å²) in [6, 6.07) is 2.01. The van der Waals surface area contributed by atoms with Crippen molar-refractivity contribution in [2.45, 2.75) is 32.6 Å². The average Bonchev–Trinajstić information content (AvgIpc) is 2.01. The summed E-state index contributed by atoms with van der Waals surface area (Å²) in [5.74, 6) is 0. The highest BCUT2D eigenvalue weighted by atomic mass is 32.2. The van der Waals surface area contributed by atoms with E-state index >= 15 is 0 Å². The van der Waals surface area contributed by atoms with Crippen LogP contribution in [0.15, 0.2) is 11.0 Å². The van der Waals surface area contributed by atoms with Gasteiger partial charge in [-0.25, -0.2) is 0 Å². The van der Waals surface area contributed by atoms with Crippen molar-refractivity contribution in [2.75, 3.05) is 0 Å². The van der Waals surface area contributed by atoms with Crippen molar-refractivity contribution < 1.29 is 8.76 Å². The third kappa shape index (κ3) is 1.81. The van der Waals surface area contributed by atoms with Crippen LogP contribution in [0.1, 0.15) is 22.3 Å². The lowest BCUT2D eigenvalue weighted by atomic mass is 10.0. The molecule has 1 atom stereocenters. The van der Waals surface area contributed by atoms with Gasteiger partial charge in [0.15, 0.2) is 0 Å². The average molecular weight is 197 g/mol. The van der Waals surface area contributed by atoms with Crippen LogP contribution in [0.25, 0.3) is 0 Å². The fourth-order valence-electron chi connectivity index (χ4n) is 1.43. The Labute approximate surface area is 81.3 Å². The predicted molar refractivity (Wildman–Crippen MR) is 52.6 cm³/mol. The van der Waals surface area contributed by atoms with Crippen LogP contribution in [-0.2, 0) is 11.1 Å². The standard InChI is InChI=1S/C10H14O2S/c1-6-5-7(2)9(4)10(8(6)3)13(11)12/h5H,1-4H3,(H,11,12)/p-1. The minimum Gasteiger partial charge on any atom is -0.768 e. The van der Waals surface area contributed by atoms with Gasteiger partial charge in [-0.15, -0.1) is 0 Å². The molecule has 0 aromatic heterocycles. The van der Waals surface area contributed by atoms with Crippen molar-refractivity contribution in [1.82, 2.24) is 0 Å². The molecule has 0 aliphatic carbocycles. The SMILES string of the molecule is Cc1cc(C)c(C)c(S(=O)[O-])c1C. The molecule has 0 aliphatic heterocycles. The van der Waals surface area contributed by atoms with Crippen molar-refractivity contribution >= 4 is 11.1 Å². The second-order valence-electron chi connectivity index (χ2n) is 3.32. The van der Waals surface area contributed by atoms with Crippen LogP contribution in [0, 0.1) is 27.7 Å². The highest BCUT2D eigenvalue weighted by Gasteiger charge is 2.07. The van der Waals surface area contributed by atoms with Gasteiger partial charge in [0.2, 0.25) is 0 Å². The maximum absolute atomic E-state index is 10.9. The summed E-state index contributed by atoms with van der Waals surface area (Å²) in [5, 5.41) is 0. The summed E-state index contributed by atoms with van der Waals surface area (Å²) in [6.45, 7) is 7.54. The molecule has 13 heavy (non-hydrogen) atoms. The summed E-state index contributed by atoms with van der Waals surface area (Å²) >= 11 is -2.12. The largest absolute Gasteiger partial charge is 0.768 e. The Kier molecular flexibility index (Phi) is 2.88. The van der Waals surface area contributed by atoms with Gasteiger partial charge in [0, 0.05) is 4.90 Å². The summed E-state index contributed by atoms with van der Waals surface area (Å²) < 4.78 is 21.9. The van der Waals surface area contributed by atoms with Crippen molar-refractivity contribution in [1.29, 1.82) is 0 Å². The molecule has 0 saturated heterocycles. The van der Waals surface area contributed by atoms with Crippen molar-refractivity contribution in [2.24, 2.45) is 0 Å². The fourth-order valence-corrected chi connectivity index (χ4v) is 2.25. The van der Waals surface area contributed by atoms with E-state index in [0.717, 1.165) is 22.3 Å². The van der Waals surface area contributed by atoms with E-state index in [4.69, 9.17) is 0 Å². The second kappa shape index (κ2) is 3.60. The van der Waals surface area contributed by atoms with E-state index in [1.54, 1.807) is 0 Å². The maximum atomic E-state index is 10.9. The molecule has 0 heterocycles. The van der Waals surface area contributed by atoms with Gasteiger partial charge in [-0.1, -0.05) is 6.07 Å². The molecule has 72 valence electrons. The van der Waals surface area contributed by atoms with Crippen LogP contribution < -0.4 is 0 Å². The van der Waals surface area contributed by atoms with Crippen LogP contribution in [-0.4, -0.2) is 8.76 Å². The summed E-state index contributed by atoms with van der Waals surface area (Å²) in [7, 11) is 0. The molecule has 2 nitrogen and oxygen atoms in total. The van der Waals surface area contributed by atoms with E-state index in [9.17, 15) is 8.76 Å². The Morgan fingerprint density at radius 1 is 1.08 bits per heavy atom. The third-order valence-electron chi connectivity index (χ3n) is 2.46. The number of rotatable bonds is 1. The van der Waals surface area contributed by atoms with Crippen LogP contribution in [0.3, 0.4) is 0 Å². The lowest BCUT2D eigenvalue weighted by Crippen LogP contribution is -2.01. The van der Waals surface area contributed by atoms with Gasteiger partial charge >= 0.3 is 0 Å². The first-order valence-electron chi connectivity index (χ1n) is 4.11. The van der Waals surface area contributed by atoms with Gasteiger partial charge < -0.3 is 4.55 Å². The van der Waals surface area contributed by atoms with E-state index in [0.29, 0.717) is 4.90 Å². The van der Waals surface area contributed by atoms with Crippen LogP contribution in [0.5, 0.6) is 0 Å². The molecular formula is C10H13O2S-. The molecule has 1 rings (SSSR count). The predicted octanol–water partition coefficient (Wildman–Crippen LogP) is 2.16. The first kappa shape index (κ1) is 10.4. The minimum atomic E-state index is -2.12. The van der Waals surface area contributed by atoms with Gasteiger partial charge in [-0.05, 0) is 61.0 Å². The Balaban J connectivity index is 3.56. The number of aryl methyl sites for hydroxylation is 2. The fraction of sp³-hybridized carbons (Fsp3) is 0.400. The molecule has 1 aromatic rings. The summed E-state index contributed by atoms with van der Waals surface area (Å²) in [4.78, 5) is 0.456. The van der Waals surface area contributed by atoms with Gasteiger partial charge in [0.1, 0.15) is 0 Å². The van der Waals surface area contributed by atoms with E-state index in [1.165, 1.54) is 0 Å². The quantitative estimate of drug-likeness (QED) is 0.647. The van der Waals surface area contributed by atoms with Crippen LogP contribution in [0.2, 0.25) is 0 Å². The molecule has 3 heteroatoms. The molecule has 0 radical (unpaired) electrons. The molecule has 0 saturated carbocycles. The van der Waals surface area contributed by atoms with Crippen molar-refractivity contribution in [3.8, 4) is 0 Å². The zero-order chi connectivity index (χ0) is 10.2. The summed E-state index contributed by atoms with van der Waals surface area (Å²) in [5.41, 5.74) is 3.78. The van der Waals surface area contributed by atoms with E-state index in [2.05, 4.69) is 0 Å². The molecule has 0 fully saturated rings.